The molecule has 0 atom stereocenters. The summed E-state index contributed by atoms with van der Waals surface area (Å²) in [5, 5.41) is 9.13. The second-order valence-electron chi connectivity index (χ2n) is 18.8. The Bertz CT molecular complexity index is 3310. The molecule has 2 heterocycles. The molecule has 5 N–H and O–H groups in total. The number of allylic oxidation sites excluding steroid dienone is 8. The van der Waals surface area contributed by atoms with Gasteiger partial charge in [-0.25, -0.2) is 13.2 Å². The molecule has 0 unspecified atom stereocenters. The fraction of sp³-hybridized carbons (Fsp3) is 0.417. The zero-order valence-electron chi connectivity index (χ0n) is 39.7. The van der Waals surface area contributed by atoms with Crippen molar-refractivity contribution in [3.05, 3.63) is 118 Å². The maximum absolute atomic E-state index is 17.0. The number of benzene rings is 3. The number of carboxylic acids is 1. The summed E-state index contributed by atoms with van der Waals surface area (Å²) < 4.78 is 190. The topological polar surface area (TPSA) is 270 Å². The average Bonchev–Trinajstić information content (AvgIpc) is 3.60. The summed E-state index contributed by atoms with van der Waals surface area (Å²) in [6, 6.07) is 8.44. The molecule has 72 heavy (non-hydrogen) atoms. The number of fused-ring (bicyclic) bond motifs is 2. The summed E-state index contributed by atoms with van der Waals surface area (Å²) in [7, 11) is -17.9. The molecule has 0 radical (unpaired) electrons. The first-order valence-electron chi connectivity index (χ1n) is 22.7. The van der Waals surface area contributed by atoms with Crippen molar-refractivity contribution in [2.24, 2.45) is 0 Å². The van der Waals surface area contributed by atoms with Gasteiger partial charge >= 0.3 is 5.97 Å². The molecule has 3 aromatic rings. The molecule has 3 aromatic carbocycles. The molecule has 6 rings (SSSR count). The van der Waals surface area contributed by atoms with E-state index in [2.05, 4.69) is 0 Å². The van der Waals surface area contributed by atoms with E-state index in [1.54, 1.807) is 61.5 Å². The molecule has 0 spiro atoms. The van der Waals surface area contributed by atoms with Crippen molar-refractivity contribution < 1.29 is 84.3 Å². The Hall–Kier alpha value is -5.21. The van der Waals surface area contributed by atoms with Crippen LogP contribution in [0.4, 0.5) is 24.5 Å². The van der Waals surface area contributed by atoms with Crippen LogP contribution in [-0.2, 0) is 56.1 Å². The number of hydrogen-bond acceptors (Lipinski definition) is 11. The quantitative estimate of drug-likeness (QED) is 0.0381. The maximum atomic E-state index is 17.0. The maximum Gasteiger partial charge on any atom is 0.303 e. The first kappa shape index (κ1) is 56.1. The van der Waals surface area contributed by atoms with Crippen molar-refractivity contribution in [1.29, 1.82) is 0 Å². The van der Waals surface area contributed by atoms with Crippen LogP contribution < -0.4 is 9.64 Å². The van der Waals surface area contributed by atoms with Crippen LogP contribution in [-0.4, -0.2) is 104 Å². The number of aliphatic carboxylic acids is 1. The molecule has 0 amide bonds. The van der Waals surface area contributed by atoms with Gasteiger partial charge in [0.1, 0.15) is 12.4 Å². The third-order valence-electron chi connectivity index (χ3n) is 13.0. The lowest BCUT2D eigenvalue weighted by Crippen LogP contribution is -2.28. The lowest BCUT2D eigenvalue weighted by Gasteiger charge is -2.28. The summed E-state index contributed by atoms with van der Waals surface area (Å²) in [5.41, 5.74) is 0.910. The average molecular weight is 1090 g/mol. The van der Waals surface area contributed by atoms with Crippen molar-refractivity contribution in [1.82, 2.24) is 0 Å². The van der Waals surface area contributed by atoms with E-state index < -0.39 is 104 Å². The second-order valence-corrected chi connectivity index (χ2v) is 24.8. The smallest absolute Gasteiger partial charge is 0.303 e. The van der Waals surface area contributed by atoms with Crippen molar-refractivity contribution in [2.45, 2.75) is 106 Å². The molecule has 24 heteroatoms. The summed E-state index contributed by atoms with van der Waals surface area (Å²) in [5.74, 6) is -7.33. The number of anilines is 1. The van der Waals surface area contributed by atoms with Crippen molar-refractivity contribution in [2.75, 3.05) is 36.1 Å². The van der Waals surface area contributed by atoms with Gasteiger partial charge < -0.3 is 14.7 Å². The third-order valence-corrected chi connectivity index (χ3v) is 16.3. The SMILES string of the molecule is CC1(C)C(/C=C/C2=C(c3c(F)cc(F)c(OCCCC(=O)O)c3F)C(=C/C=C3/N(CCCCS(=O)(=O)O)c4ccc(S(=O)(=O)O)cc4C3(C)C)/CCC2)=[N+](CCCCS(=O)(=O)O)c2ccc(S(=O)(=O)O)cc21. The van der Waals surface area contributed by atoms with E-state index in [1.807, 2.05) is 0 Å². The number of hydrogen-bond donors (Lipinski definition) is 5. The summed E-state index contributed by atoms with van der Waals surface area (Å²) >= 11 is 0. The van der Waals surface area contributed by atoms with E-state index >= 15 is 13.2 Å². The number of nitrogens with zero attached hydrogens (tertiary/aromatic N) is 2. The van der Waals surface area contributed by atoms with Crippen LogP contribution in [0, 0.1) is 17.5 Å². The minimum Gasteiger partial charge on any atom is -0.488 e. The molecule has 0 aromatic heterocycles. The first-order chi connectivity index (χ1) is 33.3. The molecule has 17 nitrogen and oxygen atoms in total. The Morgan fingerprint density at radius 2 is 1.35 bits per heavy atom. The fourth-order valence-corrected chi connectivity index (χ4v) is 11.6. The fourth-order valence-electron chi connectivity index (χ4n) is 9.49. The molecular formula is C48H56F3N2O15S4+. The molecular weight excluding hydrogens is 1030 g/mol. The van der Waals surface area contributed by atoms with Crippen LogP contribution in [0.5, 0.6) is 5.75 Å². The minimum absolute atomic E-state index is 0.0105. The highest BCUT2D eigenvalue weighted by Crippen LogP contribution is 2.50. The van der Waals surface area contributed by atoms with E-state index in [4.69, 9.17) is 9.84 Å². The Balaban J connectivity index is 1.57. The Morgan fingerprint density at radius 3 is 1.96 bits per heavy atom. The zero-order chi connectivity index (χ0) is 53.4. The largest absolute Gasteiger partial charge is 0.488 e. The van der Waals surface area contributed by atoms with E-state index in [0.717, 1.165) is 0 Å². The van der Waals surface area contributed by atoms with Crippen LogP contribution in [0.1, 0.15) is 102 Å². The highest BCUT2D eigenvalue weighted by molar-refractivity contribution is 7.86. The van der Waals surface area contributed by atoms with Gasteiger partial charge in [-0.1, -0.05) is 26.0 Å². The highest BCUT2D eigenvalue weighted by atomic mass is 32.2. The van der Waals surface area contributed by atoms with E-state index in [1.165, 1.54) is 36.4 Å². The molecule has 3 aliphatic rings. The lowest BCUT2D eigenvalue weighted by molar-refractivity contribution is -0.438. The number of unbranched alkanes of at least 4 members (excludes halogenated alkanes) is 2. The van der Waals surface area contributed by atoms with Gasteiger partial charge in [0.2, 0.25) is 5.69 Å². The number of ether oxygens (including phenoxy) is 1. The Kier molecular flexibility index (Phi) is 16.6. The zero-order valence-corrected chi connectivity index (χ0v) is 43.0. The summed E-state index contributed by atoms with van der Waals surface area (Å²) in [6.07, 6.45) is 7.33. The molecule has 392 valence electrons. The number of carboxylic acid groups (broad SMARTS) is 1. The van der Waals surface area contributed by atoms with Crippen LogP contribution in [0.3, 0.4) is 0 Å². The van der Waals surface area contributed by atoms with Gasteiger partial charge in [-0.3, -0.25) is 23.0 Å². The van der Waals surface area contributed by atoms with Gasteiger partial charge in [0.15, 0.2) is 23.1 Å². The Labute approximate surface area is 417 Å². The van der Waals surface area contributed by atoms with Gasteiger partial charge in [-0.2, -0.15) is 38.2 Å². The minimum atomic E-state index is -4.67. The molecule has 0 saturated heterocycles. The van der Waals surface area contributed by atoms with Gasteiger partial charge in [0.05, 0.1) is 38.9 Å². The van der Waals surface area contributed by atoms with E-state index in [9.17, 15) is 56.7 Å². The van der Waals surface area contributed by atoms with Crippen LogP contribution in [0.25, 0.3) is 5.57 Å². The predicted octanol–water partition coefficient (Wildman–Crippen LogP) is 8.36. The van der Waals surface area contributed by atoms with Gasteiger partial charge in [0, 0.05) is 60.0 Å². The number of carbonyl (C=O) groups is 1. The number of rotatable bonds is 21. The molecule has 2 aliphatic heterocycles. The third kappa shape index (κ3) is 12.8. The second kappa shape index (κ2) is 21.3. The Morgan fingerprint density at radius 1 is 0.736 bits per heavy atom. The standard InChI is InChI=1S/C48H55F3N2O15S4/c1-47(2)34-27-32(71(62,63)64)16-18-38(34)52(22-5-7-25-69(56,57)58)40(47)20-14-30-11-9-12-31(43(30)44-36(49)29-37(50)46(45(44)51)68-24-10-13-42(54)55)15-21-41-48(3,4)35-28-33(72(65,66)67)17-19-39(35)53(41)23-6-8-26-70(59,60)61/h14-21,27-29H,5-13,22-26H2,1-4H3,(H4-,54,55,56,57,58,59,60,61,62,63,64,65,66,67)/p+1. The molecule has 0 fully saturated rings. The molecule has 0 saturated carbocycles. The number of halogens is 3. The predicted molar refractivity (Wildman–Crippen MR) is 262 cm³/mol. The van der Waals surface area contributed by atoms with E-state index in [0.29, 0.717) is 57.5 Å². The van der Waals surface area contributed by atoms with Crippen LogP contribution in [0.15, 0.2) is 93.4 Å². The first-order valence-corrected chi connectivity index (χ1v) is 28.8. The van der Waals surface area contributed by atoms with Gasteiger partial charge in [-0.15, -0.1) is 0 Å². The summed E-state index contributed by atoms with van der Waals surface area (Å²) in [4.78, 5) is 12.2. The highest BCUT2D eigenvalue weighted by Gasteiger charge is 2.45. The van der Waals surface area contributed by atoms with Crippen LogP contribution in [0.2, 0.25) is 0 Å². The molecule has 1 aliphatic carbocycles. The van der Waals surface area contributed by atoms with Crippen LogP contribution >= 0.6 is 0 Å². The lowest BCUT2D eigenvalue weighted by atomic mass is 9.79. The monoisotopic (exact) mass is 1090 g/mol. The van der Waals surface area contributed by atoms with Crippen molar-refractivity contribution >= 4 is 69.1 Å². The van der Waals surface area contributed by atoms with E-state index in [-0.39, 0.29) is 79.8 Å². The normalized spacial score (nSPS) is 18.2. The van der Waals surface area contributed by atoms with Crippen molar-refractivity contribution in [3.8, 4) is 5.75 Å². The summed E-state index contributed by atoms with van der Waals surface area (Å²) in [6.45, 7) is 6.96. The van der Waals surface area contributed by atoms with Gasteiger partial charge in [0.25, 0.3) is 40.5 Å². The van der Waals surface area contributed by atoms with Crippen molar-refractivity contribution in [3.63, 3.8) is 0 Å². The molecule has 0 bridgehead atoms. The van der Waals surface area contributed by atoms with Gasteiger partial charge in [-0.05, 0) is 117 Å².